The minimum absolute atomic E-state index is 0.0193. The molecule has 0 aliphatic carbocycles. The summed E-state index contributed by atoms with van der Waals surface area (Å²) in [5, 5.41) is 10.2. The van der Waals surface area contributed by atoms with Crippen LogP contribution >= 0.6 is 21.6 Å². The minimum atomic E-state index is -2.62. The number of pyridine rings is 1. The maximum absolute atomic E-state index is 15.0. The number of fused-ring (bicyclic) bond motifs is 2. The number of hydrogen-bond donors (Lipinski definition) is 1. The van der Waals surface area contributed by atoms with Gasteiger partial charge in [0, 0.05) is 34.4 Å². The number of ether oxygens (including phenoxy) is 5. The fourth-order valence-electron chi connectivity index (χ4n) is 5.06. The van der Waals surface area contributed by atoms with Crippen molar-refractivity contribution in [1.29, 1.82) is 0 Å². The van der Waals surface area contributed by atoms with Crippen LogP contribution in [-0.2, 0) is 48.5 Å². The zero-order valence-corrected chi connectivity index (χ0v) is 29.1. The van der Waals surface area contributed by atoms with Crippen LogP contribution in [0.5, 0.6) is 11.9 Å². The van der Waals surface area contributed by atoms with Gasteiger partial charge in [-0.05, 0) is 49.0 Å². The topological polar surface area (TPSA) is 144 Å². The van der Waals surface area contributed by atoms with Crippen LogP contribution in [0.2, 0.25) is 5.02 Å². The van der Waals surface area contributed by atoms with Gasteiger partial charge in [0.25, 0.3) is 5.91 Å². The van der Waals surface area contributed by atoms with E-state index in [0.717, 1.165) is 17.9 Å². The van der Waals surface area contributed by atoms with Gasteiger partial charge in [-0.3, -0.25) is 9.36 Å². The van der Waals surface area contributed by atoms with E-state index in [1.807, 2.05) is 0 Å². The molecule has 2 aromatic heterocycles. The summed E-state index contributed by atoms with van der Waals surface area (Å²) in [4.78, 5) is 21.0. The van der Waals surface area contributed by atoms with E-state index in [1.165, 1.54) is 18.6 Å². The molecule has 0 saturated carbocycles. The number of aryl methyl sites for hydroxylation is 1. The Morgan fingerprint density at radius 3 is 2.49 bits per heavy atom. The smallest absolute Gasteiger partial charge is 0.301 e. The molecule has 1 N–H and O–H groups in total. The van der Waals surface area contributed by atoms with Crippen molar-refractivity contribution in [2.24, 2.45) is 4.36 Å². The molecule has 260 valence electrons. The van der Waals surface area contributed by atoms with Crippen LogP contribution in [0, 0.1) is 11.6 Å². The highest BCUT2D eigenvalue weighted by Gasteiger charge is 2.49. The number of carbonyl (C=O) groups is 1. The molecule has 2 aliphatic heterocycles. The molecular weight excluding hydrogens is 682 g/mol. The molecule has 0 spiro atoms. The zero-order valence-electron chi connectivity index (χ0n) is 26.7. The fourth-order valence-corrected chi connectivity index (χ4v) is 6.46. The van der Waals surface area contributed by atoms with Crippen molar-refractivity contribution in [1.82, 2.24) is 14.5 Å². The van der Waals surface area contributed by atoms with Gasteiger partial charge in [0.2, 0.25) is 5.88 Å². The van der Waals surface area contributed by atoms with Crippen molar-refractivity contribution >= 4 is 48.4 Å². The first-order valence-electron chi connectivity index (χ1n) is 14.8. The maximum Gasteiger partial charge on any atom is 0.301 e. The number of carbonyl (C=O) groups excluding carboxylic acids is 1. The summed E-state index contributed by atoms with van der Waals surface area (Å²) in [5.41, 5.74) is 0.563. The van der Waals surface area contributed by atoms with Crippen molar-refractivity contribution in [3.8, 4) is 11.9 Å². The van der Waals surface area contributed by atoms with Gasteiger partial charge in [-0.2, -0.15) is 14.3 Å². The highest BCUT2D eigenvalue weighted by atomic mass is 35.5. The Labute approximate surface area is 278 Å². The number of halogens is 3. The fraction of sp³-hybridized carbons (Fsp3) is 0.567. The van der Waals surface area contributed by atoms with Crippen molar-refractivity contribution in [2.75, 3.05) is 56.9 Å². The Morgan fingerprint density at radius 1 is 1.11 bits per heavy atom. The van der Waals surface area contributed by atoms with Crippen LogP contribution in [0.3, 0.4) is 0 Å². The highest BCUT2D eigenvalue weighted by Crippen LogP contribution is 2.35. The average Bonchev–Trinajstić information content (AvgIpc) is 3.63. The van der Waals surface area contributed by atoms with Gasteiger partial charge in [-0.15, -0.1) is 0 Å². The van der Waals surface area contributed by atoms with Gasteiger partial charge in [0.1, 0.15) is 53.8 Å². The van der Waals surface area contributed by atoms with Crippen molar-refractivity contribution in [3.63, 3.8) is 0 Å². The molecule has 3 aromatic rings. The van der Waals surface area contributed by atoms with E-state index in [4.69, 9.17) is 35.3 Å². The highest BCUT2D eigenvalue weighted by molar-refractivity contribution is 8.32. The summed E-state index contributed by atoms with van der Waals surface area (Å²) >= 11 is 6.47. The lowest BCUT2D eigenvalue weighted by molar-refractivity contribution is -0.117. The van der Waals surface area contributed by atoms with E-state index >= 15 is 0 Å². The summed E-state index contributed by atoms with van der Waals surface area (Å²) in [7, 11) is -3.42. The lowest BCUT2D eigenvalue weighted by Gasteiger charge is -2.24. The molecule has 2 fully saturated rings. The standard InChI is InChI=1S/C30H39ClF2N4O8S2/c1-46(2,3)9-8-41-16-37-28-22(34-30(37)45-24-15-43-26-23(38)14-42-27(24)26)12-19(31)29(35-28)44-13-18-20(32)10-17(11-21(18)33)6-7-25(39)36-47(4,5)40/h10-12,23-24,26-27,38H,6-9,13-16H2,1-5H3/t23-,24-,26-,27-/m1/s1. The van der Waals surface area contributed by atoms with E-state index in [0.29, 0.717) is 17.8 Å². The summed E-state index contributed by atoms with van der Waals surface area (Å²) in [6.07, 6.45) is 6.84. The van der Waals surface area contributed by atoms with Crippen molar-refractivity contribution in [3.05, 3.63) is 46.0 Å². The van der Waals surface area contributed by atoms with Crippen LogP contribution in [0.25, 0.3) is 11.2 Å². The first kappa shape index (κ1) is 35.7. The van der Waals surface area contributed by atoms with Crippen LogP contribution in [-0.4, -0.2) is 111 Å². The molecular formula is C30H39ClF2N4O8S2. The quantitative estimate of drug-likeness (QED) is 0.260. The molecule has 0 radical (unpaired) electrons. The van der Waals surface area contributed by atoms with Gasteiger partial charge in [0.05, 0.1) is 25.4 Å². The molecule has 1 amide bonds. The first-order valence-corrected chi connectivity index (χ1v) is 20.5. The molecule has 4 heterocycles. The Bertz CT molecular complexity index is 1730. The minimum Gasteiger partial charge on any atom is -0.471 e. The molecule has 2 aliphatic rings. The number of hydrogen-bond acceptors (Lipinski definition) is 10. The lowest BCUT2D eigenvalue weighted by Crippen LogP contribution is -2.35. The van der Waals surface area contributed by atoms with E-state index < -0.39 is 68.3 Å². The second kappa shape index (κ2) is 14.5. The Hall–Kier alpha value is -2.60. The molecule has 17 heteroatoms. The zero-order chi connectivity index (χ0) is 34.1. The van der Waals surface area contributed by atoms with Crippen LogP contribution in [0.1, 0.15) is 17.5 Å². The van der Waals surface area contributed by atoms with Crippen LogP contribution < -0.4 is 9.47 Å². The van der Waals surface area contributed by atoms with Crippen LogP contribution in [0.15, 0.2) is 22.6 Å². The monoisotopic (exact) mass is 720 g/mol. The molecule has 0 unspecified atom stereocenters. The first-order chi connectivity index (χ1) is 22.1. The number of imidazole rings is 1. The number of amides is 1. The maximum atomic E-state index is 15.0. The molecule has 5 rings (SSSR count). The van der Waals surface area contributed by atoms with Gasteiger partial charge >= 0.3 is 6.01 Å². The third kappa shape index (κ3) is 9.10. The van der Waals surface area contributed by atoms with Crippen molar-refractivity contribution in [2.45, 2.75) is 50.6 Å². The lowest BCUT2D eigenvalue weighted by atomic mass is 10.1. The summed E-state index contributed by atoms with van der Waals surface area (Å²) < 4.78 is 76.2. The molecule has 2 saturated heterocycles. The van der Waals surface area contributed by atoms with Gasteiger partial charge in [-0.1, -0.05) is 11.6 Å². The second-order valence-corrected chi connectivity index (χ2v) is 20.1. The number of rotatable bonds is 13. The molecule has 4 atom stereocenters. The van der Waals surface area contributed by atoms with E-state index in [-0.39, 0.29) is 60.8 Å². The number of nitrogens with zero attached hydrogens (tertiary/aromatic N) is 4. The number of benzene rings is 1. The predicted molar refractivity (Wildman–Crippen MR) is 175 cm³/mol. The number of aromatic nitrogens is 3. The van der Waals surface area contributed by atoms with E-state index in [2.05, 4.69) is 33.1 Å². The third-order valence-electron chi connectivity index (χ3n) is 7.41. The summed E-state index contributed by atoms with van der Waals surface area (Å²) in [5.74, 6) is -1.57. The summed E-state index contributed by atoms with van der Waals surface area (Å²) in [6, 6.07) is 3.90. The molecule has 1 aromatic carbocycles. The second-order valence-electron chi connectivity index (χ2n) is 12.6. The number of aliphatic hydroxyl groups excluding tert-OH is 1. The molecule has 47 heavy (non-hydrogen) atoms. The van der Waals surface area contributed by atoms with Crippen LogP contribution in [0.4, 0.5) is 8.78 Å². The molecule has 12 nitrogen and oxygen atoms in total. The van der Waals surface area contributed by atoms with E-state index in [1.54, 1.807) is 4.57 Å². The van der Waals surface area contributed by atoms with Gasteiger partial charge < -0.3 is 28.8 Å². The third-order valence-corrected chi connectivity index (χ3v) is 9.71. The Morgan fingerprint density at radius 2 is 1.81 bits per heavy atom. The summed E-state index contributed by atoms with van der Waals surface area (Å²) in [6.45, 7) is 0.324. The largest absolute Gasteiger partial charge is 0.471 e. The Kier molecular flexibility index (Phi) is 11.0. The SMILES string of the molecule is CS(C)(C)CCOCn1c(O[C@@H]2CO[C@H]3[C@@H]2OC[C@H]3O)nc2cc(Cl)c(OCc3c(F)cc(CCC(=O)N=S(C)(C)=O)cc3F)nc21. The van der Waals surface area contributed by atoms with Crippen molar-refractivity contribution < 1.29 is 46.6 Å². The van der Waals surface area contributed by atoms with E-state index in [9.17, 15) is 22.9 Å². The van der Waals surface area contributed by atoms with Gasteiger partial charge in [-0.25, -0.2) is 23.0 Å². The normalized spacial score (nSPS) is 21.6. The number of aliphatic hydroxyl groups is 1. The molecule has 0 bridgehead atoms. The average molecular weight is 721 g/mol. The van der Waals surface area contributed by atoms with Gasteiger partial charge in [0.15, 0.2) is 11.8 Å². The predicted octanol–water partition coefficient (Wildman–Crippen LogP) is 3.70. The Balaban J connectivity index is 1.35.